The van der Waals surface area contributed by atoms with Crippen molar-refractivity contribution in [1.29, 1.82) is 0 Å². The highest BCUT2D eigenvalue weighted by atomic mass is 127. The summed E-state index contributed by atoms with van der Waals surface area (Å²) in [6.45, 7) is 5.67. The lowest BCUT2D eigenvalue weighted by Crippen LogP contribution is -2.39. The van der Waals surface area contributed by atoms with Crippen LogP contribution in [0.5, 0.6) is 0 Å². The number of benzene rings is 2. The van der Waals surface area contributed by atoms with E-state index < -0.39 is 6.10 Å². The van der Waals surface area contributed by atoms with Crippen LogP contribution in [-0.4, -0.2) is 30.2 Å². The van der Waals surface area contributed by atoms with Crippen LogP contribution in [0, 0.1) is 6.92 Å². The lowest BCUT2D eigenvalue weighted by Gasteiger charge is -2.13. The van der Waals surface area contributed by atoms with Crippen molar-refractivity contribution in [1.82, 2.24) is 10.6 Å². The minimum Gasteiger partial charge on any atom is -0.388 e. The van der Waals surface area contributed by atoms with Crippen LogP contribution >= 0.6 is 24.0 Å². The third-order valence-electron chi connectivity index (χ3n) is 4.90. The average Bonchev–Trinajstić information content (AvgIpc) is 3.41. The monoisotopic (exact) mass is 479 g/mol. The zero-order valence-electron chi connectivity index (χ0n) is 16.1. The van der Waals surface area contributed by atoms with Crippen molar-refractivity contribution >= 4 is 29.9 Å². The van der Waals surface area contributed by atoms with Gasteiger partial charge in [-0.15, -0.1) is 24.0 Å². The summed E-state index contributed by atoms with van der Waals surface area (Å²) in [7, 11) is 0. The Morgan fingerprint density at radius 1 is 1.15 bits per heavy atom. The van der Waals surface area contributed by atoms with Crippen LogP contribution in [0.4, 0.5) is 0 Å². The summed E-state index contributed by atoms with van der Waals surface area (Å²) < 4.78 is 0. The molecule has 27 heavy (non-hydrogen) atoms. The Labute approximate surface area is 179 Å². The molecule has 0 heterocycles. The van der Waals surface area contributed by atoms with Gasteiger partial charge in [-0.2, -0.15) is 0 Å². The molecule has 0 spiro atoms. The van der Waals surface area contributed by atoms with E-state index in [0.717, 1.165) is 24.5 Å². The summed E-state index contributed by atoms with van der Waals surface area (Å²) in [5.41, 5.74) is 3.73. The normalized spacial score (nSPS) is 19.7. The van der Waals surface area contributed by atoms with Gasteiger partial charge in [-0.05, 0) is 43.4 Å². The predicted octanol–water partition coefficient (Wildman–Crippen LogP) is 4.15. The van der Waals surface area contributed by atoms with Gasteiger partial charge < -0.3 is 15.7 Å². The fourth-order valence-corrected chi connectivity index (χ4v) is 3.34. The Morgan fingerprint density at radius 3 is 2.56 bits per heavy atom. The maximum absolute atomic E-state index is 10.3. The highest BCUT2D eigenvalue weighted by Crippen LogP contribution is 2.42. The van der Waals surface area contributed by atoms with Gasteiger partial charge in [0.15, 0.2) is 5.96 Å². The SMILES string of the molecule is CCNC(=NCCC(O)c1ccccc1)NC1CC1c1ccccc1C.I. The molecule has 1 saturated carbocycles. The summed E-state index contributed by atoms with van der Waals surface area (Å²) >= 11 is 0. The highest BCUT2D eigenvalue weighted by molar-refractivity contribution is 14.0. The van der Waals surface area contributed by atoms with Crippen molar-refractivity contribution in [3.8, 4) is 0 Å². The second-order valence-electron chi connectivity index (χ2n) is 6.93. The zero-order chi connectivity index (χ0) is 18.4. The van der Waals surface area contributed by atoms with Gasteiger partial charge in [0.2, 0.25) is 0 Å². The quantitative estimate of drug-likeness (QED) is 0.318. The topological polar surface area (TPSA) is 56.7 Å². The zero-order valence-corrected chi connectivity index (χ0v) is 18.4. The van der Waals surface area contributed by atoms with Crippen LogP contribution in [0.15, 0.2) is 59.6 Å². The lowest BCUT2D eigenvalue weighted by atomic mass is 10.0. The molecule has 0 aromatic heterocycles. The first-order valence-corrected chi connectivity index (χ1v) is 9.52. The first-order chi connectivity index (χ1) is 12.7. The number of guanidine groups is 1. The maximum Gasteiger partial charge on any atom is 0.191 e. The number of rotatable bonds is 7. The molecular weight excluding hydrogens is 449 g/mol. The largest absolute Gasteiger partial charge is 0.388 e. The molecule has 0 saturated heterocycles. The molecule has 4 nitrogen and oxygen atoms in total. The van der Waals surface area contributed by atoms with Crippen LogP contribution in [-0.2, 0) is 0 Å². The van der Waals surface area contributed by atoms with E-state index in [0.29, 0.717) is 24.9 Å². The smallest absolute Gasteiger partial charge is 0.191 e. The van der Waals surface area contributed by atoms with Crippen molar-refractivity contribution in [2.45, 2.75) is 44.8 Å². The molecule has 0 bridgehead atoms. The van der Waals surface area contributed by atoms with Crippen molar-refractivity contribution in [3.63, 3.8) is 0 Å². The second kappa shape index (κ2) is 10.7. The van der Waals surface area contributed by atoms with Gasteiger partial charge in [-0.3, -0.25) is 4.99 Å². The highest BCUT2D eigenvalue weighted by Gasteiger charge is 2.39. The predicted molar refractivity (Wildman–Crippen MR) is 123 cm³/mol. The van der Waals surface area contributed by atoms with Gasteiger partial charge >= 0.3 is 0 Å². The minimum absolute atomic E-state index is 0. The summed E-state index contributed by atoms with van der Waals surface area (Å²) in [6.07, 6.45) is 1.29. The molecule has 0 radical (unpaired) electrons. The Hall–Kier alpha value is -1.60. The van der Waals surface area contributed by atoms with Crippen molar-refractivity contribution < 1.29 is 5.11 Å². The molecule has 0 amide bonds. The summed E-state index contributed by atoms with van der Waals surface area (Å²) in [5, 5.41) is 17.1. The molecule has 5 heteroatoms. The number of hydrogen-bond acceptors (Lipinski definition) is 2. The number of hydrogen-bond donors (Lipinski definition) is 3. The Bertz CT molecular complexity index is 735. The number of aliphatic hydroxyl groups excluding tert-OH is 1. The molecule has 1 fully saturated rings. The van der Waals surface area contributed by atoms with E-state index in [1.165, 1.54) is 11.1 Å². The van der Waals surface area contributed by atoms with Gasteiger partial charge in [0.25, 0.3) is 0 Å². The summed E-state index contributed by atoms with van der Waals surface area (Å²) in [4.78, 5) is 4.64. The van der Waals surface area contributed by atoms with Gasteiger partial charge in [-0.1, -0.05) is 54.6 Å². The van der Waals surface area contributed by atoms with Crippen molar-refractivity contribution in [2.24, 2.45) is 4.99 Å². The van der Waals surface area contributed by atoms with Crippen LogP contribution < -0.4 is 10.6 Å². The van der Waals surface area contributed by atoms with E-state index in [-0.39, 0.29) is 24.0 Å². The van der Waals surface area contributed by atoms with E-state index >= 15 is 0 Å². The Balaban J connectivity index is 0.00000261. The Morgan fingerprint density at radius 2 is 1.85 bits per heavy atom. The maximum atomic E-state index is 10.3. The van der Waals surface area contributed by atoms with E-state index in [9.17, 15) is 5.11 Å². The molecule has 1 aliphatic carbocycles. The van der Waals surface area contributed by atoms with Gasteiger partial charge in [0.1, 0.15) is 0 Å². The van der Waals surface area contributed by atoms with Crippen molar-refractivity contribution in [2.75, 3.05) is 13.1 Å². The van der Waals surface area contributed by atoms with E-state index in [2.05, 4.69) is 53.7 Å². The Kier molecular flexibility index (Phi) is 8.57. The third-order valence-corrected chi connectivity index (χ3v) is 4.90. The molecule has 2 aromatic carbocycles. The molecule has 3 atom stereocenters. The summed E-state index contributed by atoms with van der Waals surface area (Å²) in [6, 6.07) is 18.8. The van der Waals surface area contributed by atoms with Gasteiger partial charge in [0.05, 0.1) is 6.10 Å². The van der Waals surface area contributed by atoms with Crippen LogP contribution in [0.2, 0.25) is 0 Å². The van der Waals surface area contributed by atoms with Crippen LogP contribution in [0.1, 0.15) is 48.5 Å². The van der Waals surface area contributed by atoms with Gasteiger partial charge in [0, 0.05) is 25.0 Å². The van der Waals surface area contributed by atoms with Crippen LogP contribution in [0.25, 0.3) is 0 Å². The average molecular weight is 479 g/mol. The molecule has 0 aliphatic heterocycles. The standard InChI is InChI=1S/C22H29N3O.HI/c1-3-23-22(24-14-13-21(26)17-10-5-4-6-11-17)25-20-15-19(20)18-12-8-7-9-16(18)2;/h4-12,19-21,26H,3,13-15H2,1-2H3,(H2,23,24,25);1H. The molecular formula is C22H30IN3O. The van der Waals surface area contributed by atoms with Crippen molar-refractivity contribution in [3.05, 3.63) is 71.3 Å². The van der Waals surface area contributed by atoms with E-state index in [1.54, 1.807) is 0 Å². The number of halogens is 1. The molecule has 3 rings (SSSR count). The van der Waals surface area contributed by atoms with E-state index in [4.69, 9.17) is 0 Å². The van der Waals surface area contributed by atoms with E-state index in [1.807, 2.05) is 30.3 Å². The molecule has 2 aromatic rings. The number of aryl methyl sites for hydroxylation is 1. The van der Waals surface area contributed by atoms with Crippen LogP contribution in [0.3, 0.4) is 0 Å². The molecule has 146 valence electrons. The molecule has 1 aliphatic rings. The lowest BCUT2D eigenvalue weighted by molar-refractivity contribution is 0.170. The number of nitrogens with one attached hydrogen (secondary N) is 2. The fourth-order valence-electron chi connectivity index (χ4n) is 3.34. The second-order valence-corrected chi connectivity index (χ2v) is 6.93. The number of nitrogens with zero attached hydrogens (tertiary/aromatic N) is 1. The third kappa shape index (κ3) is 6.21. The van der Waals surface area contributed by atoms with Gasteiger partial charge in [-0.25, -0.2) is 0 Å². The summed E-state index contributed by atoms with van der Waals surface area (Å²) in [5.74, 6) is 1.41. The minimum atomic E-state index is -0.469. The molecule has 3 N–H and O–H groups in total. The number of aliphatic hydroxyl groups is 1. The first kappa shape index (κ1) is 21.7. The number of aliphatic imine (C=N–C) groups is 1. The molecule has 3 unspecified atom stereocenters. The fraction of sp³-hybridized carbons (Fsp3) is 0.409. The first-order valence-electron chi connectivity index (χ1n) is 9.52.